The average molecular weight is 409 g/mol. The normalized spacial score (nSPS) is 12.2. The quantitative estimate of drug-likeness (QED) is 0.583. The first-order valence-corrected chi connectivity index (χ1v) is 8.46. The van der Waals surface area contributed by atoms with Crippen LogP contribution in [0.4, 0.5) is 18.9 Å². The molecule has 1 N–H and O–H groups in total. The summed E-state index contributed by atoms with van der Waals surface area (Å²) in [6.07, 6.45) is -4.50. The molecule has 0 aliphatic carbocycles. The summed E-state index contributed by atoms with van der Waals surface area (Å²) >= 11 is 0. The lowest BCUT2D eigenvalue weighted by Gasteiger charge is -2.25. The molecule has 2 amide bonds. The second kappa shape index (κ2) is 8.72. The van der Waals surface area contributed by atoms with E-state index in [-0.39, 0.29) is 17.8 Å². The summed E-state index contributed by atoms with van der Waals surface area (Å²) in [6, 6.07) is 8.97. The molecule has 0 heterocycles. The lowest BCUT2D eigenvalue weighted by molar-refractivity contribution is -0.384. The molecule has 0 bridgehead atoms. The Bertz CT molecular complexity index is 914. The number of amides is 2. The first kappa shape index (κ1) is 21.9. The van der Waals surface area contributed by atoms with E-state index < -0.39 is 34.5 Å². The molecule has 0 radical (unpaired) electrons. The first-order chi connectivity index (χ1) is 13.5. The highest BCUT2D eigenvalue weighted by molar-refractivity contribution is 5.96. The van der Waals surface area contributed by atoms with Crippen LogP contribution in [0.3, 0.4) is 0 Å². The van der Waals surface area contributed by atoms with Crippen LogP contribution in [0.5, 0.6) is 0 Å². The lowest BCUT2D eigenvalue weighted by atomic mass is 10.1. The van der Waals surface area contributed by atoms with Crippen molar-refractivity contribution in [2.45, 2.75) is 19.1 Å². The number of likely N-dealkylation sites (N-methyl/N-ethyl adjacent to an activating group) is 1. The summed E-state index contributed by atoms with van der Waals surface area (Å²) in [5.41, 5.74) is -0.453. The molecule has 0 saturated heterocycles. The molecular weight excluding hydrogens is 391 g/mol. The van der Waals surface area contributed by atoms with Crippen LogP contribution in [0.15, 0.2) is 48.5 Å². The van der Waals surface area contributed by atoms with Gasteiger partial charge in [-0.15, -0.1) is 0 Å². The minimum absolute atomic E-state index is 0.0137. The van der Waals surface area contributed by atoms with E-state index in [0.717, 1.165) is 24.3 Å². The third-order valence-corrected chi connectivity index (χ3v) is 4.41. The van der Waals surface area contributed by atoms with Gasteiger partial charge in [0, 0.05) is 24.7 Å². The summed E-state index contributed by atoms with van der Waals surface area (Å²) in [4.78, 5) is 36.0. The number of rotatable bonds is 6. The first-order valence-electron chi connectivity index (χ1n) is 8.46. The maximum Gasteiger partial charge on any atom is 0.416 e. The Balaban J connectivity index is 1.98. The highest BCUT2D eigenvalue weighted by Crippen LogP contribution is 2.29. The third-order valence-electron chi connectivity index (χ3n) is 4.41. The monoisotopic (exact) mass is 409 g/mol. The van der Waals surface area contributed by atoms with Crippen molar-refractivity contribution in [3.05, 3.63) is 75.3 Å². The van der Waals surface area contributed by atoms with Crippen molar-refractivity contribution in [2.75, 3.05) is 13.6 Å². The zero-order valence-corrected chi connectivity index (χ0v) is 15.6. The second-order valence-electron chi connectivity index (χ2n) is 6.29. The number of nitro benzene ring substituents is 1. The number of nitro groups is 1. The van der Waals surface area contributed by atoms with Crippen LogP contribution in [0, 0.1) is 10.1 Å². The van der Waals surface area contributed by atoms with Gasteiger partial charge in [0.1, 0.15) is 0 Å². The predicted molar refractivity (Wildman–Crippen MR) is 98.1 cm³/mol. The van der Waals surface area contributed by atoms with Gasteiger partial charge in [0.05, 0.1) is 23.1 Å². The fourth-order valence-electron chi connectivity index (χ4n) is 2.53. The van der Waals surface area contributed by atoms with Crippen molar-refractivity contribution in [1.82, 2.24) is 10.2 Å². The predicted octanol–water partition coefficient (Wildman–Crippen LogP) is 3.56. The number of nitrogens with one attached hydrogen (secondary N) is 1. The summed E-state index contributed by atoms with van der Waals surface area (Å²) in [5, 5.41) is 13.2. The molecule has 2 rings (SSSR count). The van der Waals surface area contributed by atoms with E-state index >= 15 is 0 Å². The van der Waals surface area contributed by atoms with Crippen LogP contribution >= 0.6 is 0 Å². The Morgan fingerprint density at radius 3 is 2.34 bits per heavy atom. The van der Waals surface area contributed by atoms with Crippen molar-refractivity contribution >= 4 is 17.5 Å². The Labute approximate surface area is 164 Å². The standard InChI is InChI=1S/C19H18F3N3O4/c1-12(14-4-3-5-16(10-14)25(28)29)24(2)17(26)11-23-18(27)13-6-8-15(9-7-13)19(20,21)22/h3-10,12H,11H2,1-2H3,(H,23,27)/t12-/m0/s1. The molecule has 7 nitrogen and oxygen atoms in total. The Morgan fingerprint density at radius 2 is 1.79 bits per heavy atom. The zero-order valence-electron chi connectivity index (χ0n) is 15.6. The molecule has 1 atom stereocenters. The van der Waals surface area contributed by atoms with Gasteiger partial charge >= 0.3 is 6.18 Å². The van der Waals surface area contributed by atoms with Crippen LogP contribution < -0.4 is 5.32 Å². The summed E-state index contributed by atoms with van der Waals surface area (Å²) < 4.78 is 37.7. The molecule has 10 heteroatoms. The summed E-state index contributed by atoms with van der Waals surface area (Å²) in [6.45, 7) is 1.30. The largest absolute Gasteiger partial charge is 0.416 e. The molecule has 0 aliphatic rings. The van der Waals surface area contributed by atoms with Gasteiger partial charge in [-0.25, -0.2) is 0 Å². The maximum absolute atomic E-state index is 12.6. The van der Waals surface area contributed by atoms with E-state index in [1.807, 2.05) is 0 Å². The van der Waals surface area contributed by atoms with Crippen LogP contribution in [0.2, 0.25) is 0 Å². The van der Waals surface area contributed by atoms with Gasteiger partial charge in [-0.3, -0.25) is 19.7 Å². The third kappa shape index (κ3) is 5.53. The van der Waals surface area contributed by atoms with Gasteiger partial charge in [0.15, 0.2) is 0 Å². The van der Waals surface area contributed by atoms with Crippen LogP contribution in [-0.2, 0) is 11.0 Å². The minimum Gasteiger partial charge on any atom is -0.343 e. The van der Waals surface area contributed by atoms with E-state index in [9.17, 15) is 32.9 Å². The Hall–Kier alpha value is -3.43. The average Bonchev–Trinajstić information content (AvgIpc) is 2.70. The smallest absolute Gasteiger partial charge is 0.343 e. The van der Waals surface area contributed by atoms with Gasteiger partial charge in [-0.05, 0) is 36.8 Å². The summed E-state index contributed by atoms with van der Waals surface area (Å²) in [7, 11) is 1.48. The molecule has 2 aromatic rings. The number of non-ortho nitro benzene ring substituents is 1. The minimum atomic E-state index is -4.50. The molecule has 0 aliphatic heterocycles. The Morgan fingerprint density at radius 1 is 1.17 bits per heavy atom. The van der Waals surface area contributed by atoms with E-state index in [0.29, 0.717) is 5.56 Å². The molecule has 0 spiro atoms. The van der Waals surface area contributed by atoms with Crippen LogP contribution in [-0.4, -0.2) is 35.2 Å². The van der Waals surface area contributed by atoms with Crippen LogP contribution in [0.1, 0.15) is 34.5 Å². The second-order valence-corrected chi connectivity index (χ2v) is 6.29. The molecular formula is C19H18F3N3O4. The van der Waals surface area contributed by atoms with Gasteiger partial charge < -0.3 is 10.2 Å². The van der Waals surface area contributed by atoms with E-state index in [1.54, 1.807) is 13.0 Å². The molecule has 154 valence electrons. The number of halogens is 3. The molecule has 2 aromatic carbocycles. The van der Waals surface area contributed by atoms with Crippen LogP contribution in [0.25, 0.3) is 0 Å². The number of carbonyl (C=O) groups is 2. The fourth-order valence-corrected chi connectivity index (χ4v) is 2.53. The number of hydrogen-bond acceptors (Lipinski definition) is 4. The van der Waals surface area contributed by atoms with Gasteiger partial charge in [0.2, 0.25) is 5.91 Å². The van der Waals surface area contributed by atoms with E-state index in [2.05, 4.69) is 5.32 Å². The fraction of sp³-hybridized carbons (Fsp3) is 0.263. The highest BCUT2D eigenvalue weighted by Gasteiger charge is 2.30. The van der Waals surface area contributed by atoms with Gasteiger partial charge in [-0.2, -0.15) is 13.2 Å². The molecule has 0 fully saturated rings. The SMILES string of the molecule is C[C@@H](c1cccc([N+](=O)[O-])c1)N(C)C(=O)CNC(=O)c1ccc(C(F)(F)F)cc1. The summed E-state index contributed by atoms with van der Waals surface area (Å²) in [5.74, 6) is -1.16. The van der Waals surface area contributed by atoms with Crippen molar-refractivity contribution in [3.63, 3.8) is 0 Å². The van der Waals surface area contributed by atoms with Gasteiger partial charge in [-0.1, -0.05) is 12.1 Å². The van der Waals surface area contributed by atoms with Crippen molar-refractivity contribution < 1.29 is 27.7 Å². The lowest BCUT2D eigenvalue weighted by Crippen LogP contribution is -2.39. The van der Waals surface area contributed by atoms with Crippen molar-refractivity contribution in [2.24, 2.45) is 0 Å². The number of carbonyl (C=O) groups excluding carboxylic acids is 2. The number of nitrogens with zero attached hydrogens (tertiary/aromatic N) is 2. The number of benzene rings is 2. The van der Waals surface area contributed by atoms with Crippen molar-refractivity contribution in [3.8, 4) is 0 Å². The number of alkyl halides is 3. The topological polar surface area (TPSA) is 92.6 Å². The van der Waals surface area contributed by atoms with E-state index in [4.69, 9.17) is 0 Å². The zero-order chi connectivity index (χ0) is 21.8. The highest BCUT2D eigenvalue weighted by atomic mass is 19.4. The molecule has 0 saturated carbocycles. The molecule has 29 heavy (non-hydrogen) atoms. The number of hydrogen-bond donors (Lipinski definition) is 1. The van der Waals surface area contributed by atoms with Gasteiger partial charge in [0.25, 0.3) is 11.6 Å². The maximum atomic E-state index is 12.6. The molecule has 0 aromatic heterocycles. The molecule has 0 unspecified atom stereocenters. The van der Waals surface area contributed by atoms with E-state index in [1.165, 1.54) is 30.1 Å². The van der Waals surface area contributed by atoms with Crippen molar-refractivity contribution in [1.29, 1.82) is 0 Å². The Kier molecular flexibility index (Phi) is 6.57.